The fourth-order valence-corrected chi connectivity index (χ4v) is 7.04. The van der Waals surface area contributed by atoms with Crippen molar-refractivity contribution in [2.45, 2.75) is 27.7 Å². The van der Waals surface area contributed by atoms with Gasteiger partial charge in [0.05, 0.1) is 40.3 Å². The number of aromatic nitrogens is 2. The second kappa shape index (κ2) is 10.2. The van der Waals surface area contributed by atoms with Crippen molar-refractivity contribution >= 4 is 49.3 Å². The van der Waals surface area contributed by atoms with E-state index in [1.54, 1.807) is 0 Å². The summed E-state index contributed by atoms with van der Waals surface area (Å²) in [6.45, 7) is 16.6. The fraction of sp³-hybridized carbons (Fsp3) is 0.0952. The lowest BCUT2D eigenvalue weighted by Gasteiger charge is -2.14. The lowest BCUT2D eigenvalue weighted by molar-refractivity contribution is 1.17. The summed E-state index contributed by atoms with van der Waals surface area (Å²) in [7, 11) is 0. The van der Waals surface area contributed by atoms with Gasteiger partial charge in [0.1, 0.15) is 0 Å². The summed E-state index contributed by atoms with van der Waals surface area (Å²) >= 11 is 0. The van der Waals surface area contributed by atoms with Crippen LogP contribution < -0.4 is 0 Å². The number of nitriles is 1. The van der Waals surface area contributed by atoms with Gasteiger partial charge in [-0.05, 0) is 112 Å². The monoisotopic (exact) mass is 590 g/mol. The van der Waals surface area contributed by atoms with E-state index in [9.17, 15) is 5.26 Å². The van der Waals surface area contributed by atoms with Gasteiger partial charge in [0.15, 0.2) is 5.69 Å². The molecule has 0 aliphatic heterocycles. The highest BCUT2D eigenvalue weighted by Gasteiger charge is 2.18. The molecule has 46 heavy (non-hydrogen) atoms. The molecule has 4 nitrogen and oxygen atoms in total. The Morgan fingerprint density at radius 3 is 1.28 bits per heavy atom. The molecule has 0 bridgehead atoms. The summed E-state index contributed by atoms with van der Waals surface area (Å²) in [5, 5.41) is 15.2. The largest absolute Gasteiger partial charge is 0.311 e. The third-order valence-corrected chi connectivity index (χ3v) is 9.18. The predicted octanol–water partition coefficient (Wildman–Crippen LogP) is 11.2. The quantitative estimate of drug-likeness (QED) is 0.189. The highest BCUT2D eigenvalue weighted by molar-refractivity contribution is 6.11. The Morgan fingerprint density at radius 1 is 0.500 bits per heavy atom. The average molecular weight is 591 g/mol. The predicted molar refractivity (Wildman–Crippen MR) is 190 cm³/mol. The van der Waals surface area contributed by atoms with Crippen LogP contribution in [0.5, 0.6) is 0 Å². The summed E-state index contributed by atoms with van der Waals surface area (Å²) in [5.41, 5.74) is 13.7. The van der Waals surface area contributed by atoms with Crippen molar-refractivity contribution in [3.05, 3.63) is 148 Å². The van der Waals surface area contributed by atoms with Gasteiger partial charge in [-0.3, -0.25) is 0 Å². The Morgan fingerprint density at radius 2 is 0.891 bits per heavy atom. The molecule has 0 unspecified atom stereocenters. The van der Waals surface area contributed by atoms with Gasteiger partial charge in [0.2, 0.25) is 0 Å². The number of fused-ring (bicyclic) bond motifs is 6. The average Bonchev–Trinajstić information content (AvgIpc) is 3.55. The summed E-state index contributed by atoms with van der Waals surface area (Å²) in [5.74, 6) is 0. The third kappa shape index (κ3) is 4.12. The molecule has 0 saturated carbocycles. The normalized spacial score (nSPS) is 11.4. The minimum absolute atomic E-state index is 0.513. The molecule has 0 N–H and O–H groups in total. The molecule has 8 rings (SSSR count). The van der Waals surface area contributed by atoms with Gasteiger partial charge in [-0.15, -0.1) is 0 Å². The van der Waals surface area contributed by atoms with Crippen LogP contribution in [-0.2, 0) is 0 Å². The molecular formula is C42H30N4. The molecule has 2 aromatic heterocycles. The summed E-state index contributed by atoms with van der Waals surface area (Å²) in [6, 6.07) is 40.6. The maximum Gasteiger partial charge on any atom is 0.197 e. The Labute approximate surface area is 267 Å². The van der Waals surface area contributed by atoms with Crippen LogP contribution in [-0.4, -0.2) is 9.13 Å². The first kappa shape index (κ1) is 27.4. The van der Waals surface area contributed by atoms with Gasteiger partial charge in [0.25, 0.3) is 0 Å². The Hall–Kier alpha value is -6.10. The minimum Gasteiger partial charge on any atom is -0.311 e. The number of nitrogens with zero attached hydrogens (tertiary/aromatic N) is 4. The number of rotatable bonds is 3. The Balaban J connectivity index is 1.29. The molecular weight excluding hydrogens is 560 g/mol. The number of benzene rings is 6. The van der Waals surface area contributed by atoms with E-state index < -0.39 is 0 Å². The van der Waals surface area contributed by atoms with Crippen molar-refractivity contribution in [3.63, 3.8) is 0 Å². The second-order valence-electron chi connectivity index (χ2n) is 12.4. The summed E-state index contributed by atoms with van der Waals surface area (Å²) in [4.78, 5) is 3.97. The molecule has 0 fully saturated rings. The maximum atomic E-state index is 10.4. The van der Waals surface area contributed by atoms with Gasteiger partial charge in [-0.1, -0.05) is 58.7 Å². The molecule has 0 spiro atoms. The number of hydrogen-bond donors (Lipinski definition) is 0. The lowest BCUT2D eigenvalue weighted by Crippen LogP contribution is -1.97. The Kier molecular flexibility index (Phi) is 6.11. The van der Waals surface area contributed by atoms with E-state index in [-0.39, 0.29) is 0 Å². The van der Waals surface area contributed by atoms with Crippen LogP contribution >= 0.6 is 0 Å². The van der Waals surface area contributed by atoms with E-state index in [0.29, 0.717) is 11.3 Å². The molecule has 0 radical (unpaired) electrons. The summed E-state index contributed by atoms with van der Waals surface area (Å²) < 4.78 is 4.47. The Bertz CT molecular complexity index is 2350. The van der Waals surface area contributed by atoms with E-state index in [2.05, 4.69) is 133 Å². The standard InChI is InChI=1S/C42H30N4/c1-25-6-14-39-34(18-25)35-19-26(2)7-15-40(35)45(39)30-10-12-32(29(22-30)24-43)33-13-11-31(23-38(33)44-5)46-41-16-8-27(3)20-36(41)37-21-28(4)9-17-42(37)46/h6-23H,1-4H3. The third-order valence-electron chi connectivity index (χ3n) is 9.18. The first-order valence-corrected chi connectivity index (χ1v) is 15.4. The highest BCUT2D eigenvalue weighted by atomic mass is 15.0. The molecule has 0 aliphatic carbocycles. The van der Waals surface area contributed by atoms with Crippen LogP contribution in [0.3, 0.4) is 0 Å². The molecule has 0 amide bonds. The van der Waals surface area contributed by atoms with Crippen LogP contribution in [0, 0.1) is 45.6 Å². The van der Waals surface area contributed by atoms with Crippen molar-refractivity contribution in [3.8, 4) is 28.6 Å². The van der Waals surface area contributed by atoms with E-state index in [1.807, 2.05) is 24.3 Å². The van der Waals surface area contributed by atoms with Crippen molar-refractivity contribution in [2.24, 2.45) is 0 Å². The smallest absolute Gasteiger partial charge is 0.197 e. The van der Waals surface area contributed by atoms with Gasteiger partial charge >= 0.3 is 0 Å². The van der Waals surface area contributed by atoms with Crippen molar-refractivity contribution in [1.29, 1.82) is 5.26 Å². The molecule has 0 saturated heterocycles. The number of aryl methyl sites for hydroxylation is 4. The molecule has 4 heteroatoms. The van der Waals surface area contributed by atoms with E-state index in [0.717, 1.165) is 44.6 Å². The molecule has 2 heterocycles. The van der Waals surface area contributed by atoms with Gasteiger partial charge in [-0.25, -0.2) is 4.85 Å². The lowest BCUT2D eigenvalue weighted by atomic mass is 9.97. The zero-order valence-electron chi connectivity index (χ0n) is 26.2. The van der Waals surface area contributed by atoms with E-state index in [1.165, 1.54) is 43.8 Å². The van der Waals surface area contributed by atoms with Gasteiger partial charge < -0.3 is 9.13 Å². The van der Waals surface area contributed by atoms with E-state index >= 15 is 0 Å². The van der Waals surface area contributed by atoms with Crippen LogP contribution in [0.4, 0.5) is 5.69 Å². The zero-order valence-corrected chi connectivity index (χ0v) is 26.2. The molecule has 0 aliphatic rings. The van der Waals surface area contributed by atoms with E-state index in [4.69, 9.17) is 6.57 Å². The van der Waals surface area contributed by atoms with Crippen molar-refractivity contribution < 1.29 is 0 Å². The SMILES string of the molecule is [C-]#[N+]c1cc(-n2c3ccc(C)cc3c3cc(C)ccc32)ccc1-c1ccc(-n2c3ccc(C)cc3c3cc(C)ccc32)cc1C#N. The first-order valence-electron chi connectivity index (χ1n) is 15.4. The number of hydrogen-bond acceptors (Lipinski definition) is 1. The zero-order chi connectivity index (χ0) is 31.7. The van der Waals surface area contributed by atoms with Crippen molar-refractivity contribution in [2.75, 3.05) is 0 Å². The second-order valence-corrected chi connectivity index (χ2v) is 12.4. The topological polar surface area (TPSA) is 38.0 Å². The van der Waals surface area contributed by atoms with Crippen LogP contribution in [0.15, 0.2) is 109 Å². The molecule has 8 aromatic rings. The summed E-state index contributed by atoms with van der Waals surface area (Å²) in [6.07, 6.45) is 0. The van der Waals surface area contributed by atoms with Crippen LogP contribution in [0.25, 0.3) is 71.0 Å². The van der Waals surface area contributed by atoms with Gasteiger partial charge in [-0.2, -0.15) is 5.26 Å². The molecule has 0 atom stereocenters. The molecule has 6 aromatic carbocycles. The maximum absolute atomic E-state index is 10.4. The minimum atomic E-state index is 0.513. The molecule has 218 valence electrons. The van der Waals surface area contributed by atoms with Gasteiger partial charge in [0, 0.05) is 32.9 Å². The van der Waals surface area contributed by atoms with Crippen molar-refractivity contribution in [1.82, 2.24) is 9.13 Å². The highest BCUT2D eigenvalue weighted by Crippen LogP contribution is 2.40. The fourth-order valence-electron chi connectivity index (χ4n) is 7.04. The van der Waals surface area contributed by atoms with Crippen LogP contribution in [0.2, 0.25) is 0 Å². The first-order chi connectivity index (χ1) is 22.3. The van der Waals surface area contributed by atoms with Crippen LogP contribution in [0.1, 0.15) is 27.8 Å².